The number of nitrogens with zero attached hydrogens (tertiary/aromatic N) is 1. The van der Waals surface area contributed by atoms with Gasteiger partial charge in [-0.1, -0.05) is 58.3 Å². The summed E-state index contributed by atoms with van der Waals surface area (Å²) in [6.45, 7) is 11.0. The van der Waals surface area contributed by atoms with Crippen LogP contribution in [-0.2, 0) is 0 Å². The minimum Gasteiger partial charge on any atom is -1.00 e. The van der Waals surface area contributed by atoms with Crippen molar-refractivity contribution in [2.24, 2.45) is 0 Å². The molecule has 0 radical (unpaired) electrons. The quantitative estimate of drug-likeness (QED) is 0.251. The van der Waals surface area contributed by atoms with Gasteiger partial charge >= 0.3 is 0 Å². The van der Waals surface area contributed by atoms with Crippen LogP contribution in [0.4, 0.5) is 0 Å². The Morgan fingerprint density at radius 2 is 1.22 bits per heavy atom. The number of aliphatic hydroxyl groups excluding tert-OH is 1. The van der Waals surface area contributed by atoms with Crippen LogP contribution in [0.5, 0.6) is 0 Å². The van der Waals surface area contributed by atoms with Gasteiger partial charge in [-0.05, 0) is 26.7 Å². The third kappa shape index (κ3) is 13.5. The molecule has 142 valence electrons. The first-order valence-corrected chi connectivity index (χ1v) is 10.3. The normalized spacial score (nSPS) is 12.9. The largest absolute Gasteiger partial charge is 1.00 e. The summed E-state index contributed by atoms with van der Waals surface area (Å²) in [6, 6.07) is 0. The molecular formula is C19H41Cl2NO. The maximum atomic E-state index is 9.87. The van der Waals surface area contributed by atoms with E-state index < -0.39 is 0 Å². The van der Waals surface area contributed by atoms with Crippen molar-refractivity contribution in [2.45, 2.75) is 91.1 Å². The Kier molecular flexibility index (Phi) is 19.4. The topological polar surface area (TPSA) is 20.2 Å². The van der Waals surface area contributed by atoms with E-state index in [9.17, 15) is 5.11 Å². The van der Waals surface area contributed by atoms with Crippen molar-refractivity contribution in [1.29, 1.82) is 0 Å². The third-order valence-electron chi connectivity index (χ3n) is 5.10. The number of alkyl halides is 1. The minimum atomic E-state index is -0.357. The maximum Gasteiger partial charge on any atom is 0.116 e. The SMILES string of the molecule is CCCCCCCCCCCC[N+](CC)(CC)CC(O)CCl.[Cl-]. The second kappa shape index (κ2) is 17.3. The zero-order chi connectivity index (χ0) is 16.7. The van der Waals surface area contributed by atoms with Gasteiger partial charge in [0, 0.05) is 0 Å². The van der Waals surface area contributed by atoms with Crippen LogP contribution in [-0.4, -0.2) is 47.8 Å². The lowest BCUT2D eigenvalue weighted by atomic mass is 10.1. The predicted molar refractivity (Wildman–Crippen MR) is 99.6 cm³/mol. The van der Waals surface area contributed by atoms with Gasteiger partial charge in [-0.3, -0.25) is 0 Å². The van der Waals surface area contributed by atoms with Crippen LogP contribution < -0.4 is 12.4 Å². The van der Waals surface area contributed by atoms with E-state index in [0.29, 0.717) is 5.88 Å². The highest BCUT2D eigenvalue weighted by molar-refractivity contribution is 6.18. The lowest BCUT2D eigenvalue weighted by molar-refractivity contribution is -0.927. The van der Waals surface area contributed by atoms with Gasteiger partial charge in [0.25, 0.3) is 0 Å². The van der Waals surface area contributed by atoms with Gasteiger partial charge in [-0.15, -0.1) is 11.6 Å². The molecule has 0 amide bonds. The van der Waals surface area contributed by atoms with Gasteiger partial charge in [0.05, 0.1) is 25.5 Å². The Balaban J connectivity index is 0. The fourth-order valence-corrected chi connectivity index (χ4v) is 3.42. The van der Waals surface area contributed by atoms with E-state index in [1.54, 1.807) is 0 Å². The number of halogens is 2. The summed E-state index contributed by atoms with van der Waals surface area (Å²) in [5.41, 5.74) is 0. The molecule has 0 fully saturated rings. The van der Waals surface area contributed by atoms with Gasteiger partial charge in [-0.25, -0.2) is 0 Å². The highest BCUT2D eigenvalue weighted by Crippen LogP contribution is 2.14. The molecule has 0 spiro atoms. The van der Waals surface area contributed by atoms with Crippen molar-refractivity contribution in [3.05, 3.63) is 0 Å². The van der Waals surface area contributed by atoms with E-state index in [-0.39, 0.29) is 18.5 Å². The smallest absolute Gasteiger partial charge is 0.116 e. The number of rotatable bonds is 16. The number of hydrogen-bond donors (Lipinski definition) is 1. The molecule has 1 atom stereocenters. The van der Waals surface area contributed by atoms with Crippen LogP contribution >= 0.6 is 11.6 Å². The highest BCUT2D eigenvalue weighted by atomic mass is 35.5. The summed E-state index contributed by atoms with van der Waals surface area (Å²) in [5, 5.41) is 9.87. The Morgan fingerprint density at radius 3 is 1.61 bits per heavy atom. The maximum absolute atomic E-state index is 9.87. The molecule has 0 bridgehead atoms. The average molecular weight is 370 g/mol. The van der Waals surface area contributed by atoms with Crippen molar-refractivity contribution >= 4 is 11.6 Å². The summed E-state index contributed by atoms with van der Waals surface area (Å²) < 4.78 is 1.02. The first kappa shape index (κ1) is 25.7. The lowest BCUT2D eigenvalue weighted by Gasteiger charge is -2.38. The van der Waals surface area contributed by atoms with Crippen LogP contribution in [0.25, 0.3) is 0 Å². The Bertz CT molecular complexity index is 235. The van der Waals surface area contributed by atoms with E-state index in [2.05, 4.69) is 20.8 Å². The first-order valence-electron chi connectivity index (χ1n) is 9.73. The van der Waals surface area contributed by atoms with Crippen molar-refractivity contribution in [2.75, 3.05) is 32.1 Å². The Hall–Kier alpha value is 0.500. The third-order valence-corrected chi connectivity index (χ3v) is 5.46. The molecule has 2 nitrogen and oxygen atoms in total. The number of quaternary nitrogens is 1. The molecule has 0 rings (SSSR count). The van der Waals surface area contributed by atoms with Gasteiger partial charge in [0.15, 0.2) is 0 Å². The van der Waals surface area contributed by atoms with E-state index >= 15 is 0 Å². The lowest BCUT2D eigenvalue weighted by Crippen LogP contribution is -3.00. The summed E-state index contributed by atoms with van der Waals surface area (Å²) >= 11 is 5.78. The standard InChI is InChI=1S/C19H41ClNO.ClH/c1-4-7-8-9-10-11-12-13-14-15-16-21(5-2,6-3)18-19(22)17-20;/h19,22H,4-18H2,1-3H3;1H/q+1;/p-1. The molecule has 0 saturated carbocycles. The Labute approximate surface area is 157 Å². The second-order valence-corrected chi connectivity index (χ2v) is 7.18. The zero-order valence-electron chi connectivity index (χ0n) is 15.8. The summed E-state index contributed by atoms with van der Waals surface area (Å²) in [6.07, 6.45) is 13.5. The molecule has 0 heterocycles. The van der Waals surface area contributed by atoms with Crippen LogP contribution in [0.3, 0.4) is 0 Å². The van der Waals surface area contributed by atoms with Crippen molar-refractivity contribution in [3.63, 3.8) is 0 Å². The Morgan fingerprint density at radius 1 is 0.783 bits per heavy atom. The van der Waals surface area contributed by atoms with Crippen molar-refractivity contribution < 1.29 is 22.0 Å². The molecule has 0 aliphatic heterocycles. The van der Waals surface area contributed by atoms with Gasteiger partial charge < -0.3 is 22.0 Å². The monoisotopic (exact) mass is 369 g/mol. The molecule has 1 N–H and O–H groups in total. The van der Waals surface area contributed by atoms with E-state index in [1.165, 1.54) is 70.8 Å². The van der Waals surface area contributed by atoms with E-state index in [0.717, 1.165) is 24.1 Å². The summed E-state index contributed by atoms with van der Waals surface area (Å²) in [7, 11) is 0. The molecule has 4 heteroatoms. The molecule has 0 aromatic heterocycles. The molecule has 23 heavy (non-hydrogen) atoms. The van der Waals surface area contributed by atoms with Gasteiger partial charge in [0.2, 0.25) is 0 Å². The summed E-state index contributed by atoms with van der Waals surface area (Å²) in [4.78, 5) is 0. The van der Waals surface area contributed by atoms with Crippen molar-refractivity contribution in [1.82, 2.24) is 0 Å². The first-order chi connectivity index (χ1) is 10.6. The molecule has 0 aromatic carbocycles. The fraction of sp³-hybridized carbons (Fsp3) is 1.00. The van der Waals surface area contributed by atoms with Crippen molar-refractivity contribution in [3.8, 4) is 0 Å². The predicted octanol–water partition coefficient (Wildman–Crippen LogP) is 2.37. The average Bonchev–Trinajstić information content (AvgIpc) is 2.55. The number of aliphatic hydroxyl groups is 1. The molecule has 0 saturated heterocycles. The van der Waals surface area contributed by atoms with E-state index in [1.807, 2.05) is 0 Å². The zero-order valence-corrected chi connectivity index (χ0v) is 17.3. The molecular weight excluding hydrogens is 329 g/mol. The van der Waals surface area contributed by atoms with Gasteiger partial charge in [-0.2, -0.15) is 0 Å². The molecule has 0 aliphatic rings. The molecule has 0 aliphatic carbocycles. The van der Waals surface area contributed by atoms with E-state index in [4.69, 9.17) is 11.6 Å². The number of unbranched alkanes of at least 4 members (excludes halogenated alkanes) is 9. The fourth-order valence-electron chi connectivity index (χ4n) is 3.32. The molecule has 0 aromatic rings. The number of likely N-dealkylation sites (N-methyl/N-ethyl adjacent to an activating group) is 1. The molecule has 1 unspecified atom stereocenters. The van der Waals surface area contributed by atoms with Gasteiger partial charge in [0.1, 0.15) is 12.6 Å². The summed E-state index contributed by atoms with van der Waals surface area (Å²) in [5.74, 6) is 0.359. The number of hydrogen-bond acceptors (Lipinski definition) is 1. The van der Waals surface area contributed by atoms with Crippen LogP contribution in [0, 0.1) is 0 Å². The van der Waals surface area contributed by atoms with Crippen LogP contribution in [0.1, 0.15) is 85.0 Å². The van der Waals surface area contributed by atoms with Crippen LogP contribution in [0.15, 0.2) is 0 Å². The second-order valence-electron chi connectivity index (χ2n) is 6.87. The minimum absolute atomic E-state index is 0. The van der Waals surface area contributed by atoms with Crippen LogP contribution in [0.2, 0.25) is 0 Å². The highest BCUT2D eigenvalue weighted by Gasteiger charge is 2.25.